The molecule has 0 spiro atoms. The van der Waals surface area contributed by atoms with Gasteiger partial charge in [0.2, 0.25) is 0 Å². The highest BCUT2D eigenvalue weighted by Gasteiger charge is 2.47. The summed E-state index contributed by atoms with van der Waals surface area (Å²) in [5.41, 5.74) is 21.1. The van der Waals surface area contributed by atoms with Gasteiger partial charge in [0.15, 0.2) is 0 Å². The molecule has 1 heteroatoms. The number of nitrogens with zero attached hydrogens (tertiary/aromatic N) is 1. The molecule has 4 aliphatic carbocycles. The van der Waals surface area contributed by atoms with Gasteiger partial charge in [-0.2, -0.15) is 0 Å². The van der Waals surface area contributed by atoms with Crippen LogP contribution in [0.1, 0.15) is 103 Å². The van der Waals surface area contributed by atoms with Crippen molar-refractivity contribution in [2.24, 2.45) is 11.8 Å². The number of anilines is 3. The van der Waals surface area contributed by atoms with Crippen LogP contribution < -0.4 is 4.90 Å². The predicted molar refractivity (Wildman–Crippen MR) is 289 cm³/mol. The third-order valence-electron chi connectivity index (χ3n) is 16.9. The van der Waals surface area contributed by atoms with Crippen molar-refractivity contribution in [1.29, 1.82) is 0 Å². The van der Waals surface area contributed by atoms with Crippen LogP contribution in [0, 0.1) is 11.8 Å². The highest BCUT2D eigenvalue weighted by molar-refractivity contribution is 5.97. The Labute approximate surface area is 409 Å². The summed E-state index contributed by atoms with van der Waals surface area (Å²) in [6, 6.07) is 85.4. The first kappa shape index (κ1) is 41.9. The van der Waals surface area contributed by atoms with Crippen LogP contribution in [0.2, 0.25) is 0 Å². The Morgan fingerprint density at radius 3 is 1.48 bits per heavy atom. The lowest BCUT2D eigenvalue weighted by molar-refractivity contribution is 0.420. The van der Waals surface area contributed by atoms with Crippen LogP contribution >= 0.6 is 0 Å². The molecule has 3 fully saturated rings. The van der Waals surface area contributed by atoms with Gasteiger partial charge < -0.3 is 4.90 Å². The molecule has 69 heavy (non-hydrogen) atoms. The fourth-order valence-electron chi connectivity index (χ4n) is 13.6. The third-order valence-corrected chi connectivity index (χ3v) is 16.9. The van der Waals surface area contributed by atoms with Crippen LogP contribution in [-0.4, -0.2) is 0 Å². The predicted octanol–water partition coefficient (Wildman–Crippen LogP) is 18.5. The molecule has 0 N–H and O–H groups in total. The minimum absolute atomic E-state index is 0.530. The van der Waals surface area contributed by atoms with E-state index in [1.807, 2.05) is 0 Å². The standard InChI is InChI=1S/C68H59N/c1-5-17-48(18-6-1)49-31-33-51(34-32-49)59-25-13-14-26-60(59)52-35-39-57(40-36-52)69(58-41-37-53(38-42-58)62-44-47-29-30-54(62)43-47)67-46-66-64(45-63(67)50-19-7-2-8-20-50)61-27-15-16-28-65(61)68(66,55-21-9-3-10-22-55)56-23-11-4-12-24-56/h2-4,7-16,19-28,31-42,45-48,54,62H,1,5-6,17-18,29-30,43-44H2. The van der Waals surface area contributed by atoms with Gasteiger partial charge in [-0.15, -0.1) is 0 Å². The molecule has 0 aromatic heterocycles. The van der Waals surface area contributed by atoms with Crippen LogP contribution in [0.15, 0.2) is 224 Å². The molecular formula is C68H59N. The normalized spacial score (nSPS) is 19.0. The monoisotopic (exact) mass is 889 g/mol. The first-order valence-corrected chi connectivity index (χ1v) is 25.9. The smallest absolute Gasteiger partial charge is 0.0714 e. The van der Waals surface area contributed by atoms with Crippen molar-refractivity contribution in [3.8, 4) is 44.5 Å². The first-order valence-electron chi connectivity index (χ1n) is 25.9. The van der Waals surface area contributed by atoms with Crippen LogP contribution in [-0.2, 0) is 5.41 Å². The number of fused-ring (bicyclic) bond motifs is 5. The van der Waals surface area contributed by atoms with Crippen molar-refractivity contribution >= 4 is 17.1 Å². The maximum Gasteiger partial charge on any atom is 0.0714 e. The van der Waals surface area contributed by atoms with E-state index in [4.69, 9.17) is 0 Å². The third kappa shape index (κ3) is 7.29. The zero-order valence-corrected chi connectivity index (χ0v) is 39.5. The second-order valence-corrected chi connectivity index (χ2v) is 20.6. The summed E-state index contributed by atoms with van der Waals surface area (Å²) in [7, 11) is 0. The summed E-state index contributed by atoms with van der Waals surface area (Å²) >= 11 is 0. The van der Waals surface area contributed by atoms with Gasteiger partial charge in [0.1, 0.15) is 0 Å². The Morgan fingerprint density at radius 2 is 0.884 bits per heavy atom. The number of hydrogen-bond donors (Lipinski definition) is 0. The van der Waals surface area contributed by atoms with E-state index in [2.05, 4.69) is 229 Å². The molecule has 3 atom stereocenters. The van der Waals surface area contributed by atoms with Crippen molar-refractivity contribution in [3.63, 3.8) is 0 Å². The maximum atomic E-state index is 2.56. The molecule has 336 valence electrons. The van der Waals surface area contributed by atoms with Gasteiger partial charge in [0.05, 0.1) is 11.1 Å². The molecule has 3 saturated carbocycles. The van der Waals surface area contributed by atoms with Crippen molar-refractivity contribution < 1.29 is 0 Å². The molecular weight excluding hydrogens is 831 g/mol. The summed E-state index contributed by atoms with van der Waals surface area (Å²) < 4.78 is 0. The summed E-state index contributed by atoms with van der Waals surface area (Å²) in [5, 5.41) is 0. The molecule has 0 amide bonds. The topological polar surface area (TPSA) is 3.24 Å². The van der Waals surface area contributed by atoms with E-state index in [1.54, 1.807) is 0 Å². The van der Waals surface area contributed by atoms with E-state index in [1.165, 1.54) is 147 Å². The minimum Gasteiger partial charge on any atom is -0.310 e. The Morgan fingerprint density at radius 1 is 0.362 bits per heavy atom. The number of hydrogen-bond acceptors (Lipinski definition) is 1. The van der Waals surface area contributed by atoms with Crippen LogP contribution in [0.4, 0.5) is 17.1 Å². The Balaban J connectivity index is 0.993. The van der Waals surface area contributed by atoms with Crippen molar-refractivity contribution in [1.82, 2.24) is 0 Å². The molecule has 9 aromatic rings. The van der Waals surface area contributed by atoms with Gasteiger partial charge in [-0.05, 0) is 164 Å². The second-order valence-electron chi connectivity index (χ2n) is 20.6. The maximum absolute atomic E-state index is 2.56. The van der Waals surface area contributed by atoms with Gasteiger partial charge >= 0.3 is 0 Å². The van der Waals surface area contributed by atoms with E-state index in [0.29, 0.717) is 11.8 Å². The zero-order chi connectivity index (χ0) is 45.7. The molecule has 2 bridgehead atoms. The molecule has 0 radical (unpaired) electrons. The average molecular weight is 890 g/mol. The molecule has 9 aromatic carbocycles. The summed E-state index contributed by atoms with van der Waals surface area (Å²) in [5.74, 6) is 3.10. The van der Waals surface area contributed by atoms with Gasteiger partial charge in [-0.25, -0.2) is 0 Å². The molecule has 13 rings (SSSR count). The molecule has 1 nitrogen and oxygen atoms in total. The molecule has 0 heterocycles. The van der Waals surface area contributed by atoms with E-state index in [0.717, 1.165) is 17.5 Å². The fourth-order valence-corrected chi connectivity index (χ4v) is 13.6. The summed E-state index contributed by atoms with van der Waals surface area (Å²) in [6.07, 6.45) is 12.3. The van der Waals surface area contributed by atoms with E-state index < -0.39 is 5.41 Å². The van der Waals surface area contributed by atoms with Crippen molar-refractivity contribution in [2.75, 3.05) is 4.90 Å². The number of benzene rings is 9. The quantitative estimate of drug-likeness (QED) is 0.132. The summed E-state index contributed by atoms with van der Waals surface area (Å²) in [4.78, 5) is 2.55. The Kier molecular flexibility index (Phi) is 10.8. The highest BCUT2D eigenvalue weighted by atomic mass is 15.1. The minimum atomic E-state index is -0.530. The lowest BCUT2D eigenvalue weighted by atomic mass is 9.67. The van der Waals surface area contributed by atoms with Crippen LogP contribution in [0.3, 0.4) is 0 Å². The summed E-state index contributed by atoms with van der Waals surface area (Å²) in [6.45, 7) is 0. The average Bonchev–Trinajstić information content (AvgIpc) is 4.15. The second kappa shape index (κ2) is 17.7. The van der Waals surface area contributed by atoms with Gasteiger partial charge in [-0.1, -0.05) is 214 Å². The number of rotatable bonds is 10. The van der Waals surface area contributed by atoms with Crippen LogP contribution in [0.5, 0.6) is 0 Å². The van der Waals surface area contributed by atoms with Gasteiger partial charge in [0, 0.05) is 16.9 Å². The molecule has 0 saturated heterocycles. The molecule has 3 unspecified atom stereocenters. The van der Waals surface area contributed by atoms with E-state index in [9.17, 15) is 0 Å². The Bertz CT molecular complexity index is 3200. The lowest BCUT2D eigenvalue weighted by Gasteiger charge is -2.35. The first-order chi connectivity index (χ1) is 34.2. The van der Waals surface area contributed by atoms with Crippen molar-refractivity contribution in [2.45, 2.75) is 75.0 Å². The van der Waals surface area contributed by atoms with E-state index in [-0.39, 0.29) is 0 Å². The largest absolute Gasteiger partial charge is 0.310 e. The highest BCUT2D eigenvalue weighted by Crippen LogP contribution is 2.59. The lowest BCUT2D eigenvalue weighted by Crippen LogP contribution is -2.28. The zero-order valence-electron chi connectivity index (χ0n) is 39.5. The van der Waals surface area contributed by atoms with Crippen molar-refractivity contribution in [3.05, 3.63) is 258 Å². The van der Waals surface area contributed by atoms with E-state index >= 15 is 0 Å². The molecule has 0 aliphatic heterocycles. The molecule has 4 aliphatic rings. The fraction of sp³-hybridized carbons (Fsp3) is 0.206. The van der Waals surface area contributed by atoms with Crippen LogP contribution in [0.25, 0.3) is 44.5 Å². The Hall–Kier alpha value is -7.22. The van der Waals surface area contributed by atoms with Gasteiger partial charge in [-0.3, -0.25) is 0 Å². The SMILES string of the molecule is c1ccc(-c2cc3c(cc2N(c2ccc(-c4ccccc4-c4ccc(C5CCCCC5)cc4)cc2)c2ccc(C4CC5CCC4C5)cc2)C(c2ccccc2)(c2ccccc2)c2ccccc2-3)cc1. The van der Waals surface area contributed by atoms with Gasteiger partial charge in [0.25, 0.3) is 0 Å².